The lowest BCUT2D eigenvalue weighted by Crippen LogP contribution is -2.40. The number of aromatic nitrogens is 1. The van der Waals surface area contributed by atoms with Crippen molar-refractivity contribution in [3.05, 3.63) is 59.1 Å². The van der Waals surface area contributed by atoms with Crippen molar-refractivity contribution in [2.24, 2.45) is 0 Å². The fourth-order valence-electron chi connectivity index (χ4n) is 3.50. The monoisotopic (exact) mass is 420 g/mol. The van der Waals surface area contributed by atoms with Gasteiger partial charge in [0.25, 0.3) is 5.91 Å². The topological polar surface area (TPSA) is 42.4 Å². The fourth-order valence-corrected chi connectivity index (χ4v) is 4.63. The van der Waals surface area contributed by atoms with E-state index in [1.54, 1.807) is 16.2 Å². The van der Waals surface area contributed by atoms with Gasteiger partial charge in [0.05, 0.1) is 20.8 Å². The molecule has 1 aliphatic heterocycles. The number of nitrogens with zero attached hydrogens (tertiary/aromatic N) is 2. The number of hydrogen-bond donors (Lipinski definition) is 0. The summed E-state index contributed by atoms with van der Waals surface area (Å²) in [4.78, 5) is 18.8. The maximum atomic E-state index is 13.0. The summed E-state index contributed by atoms with van der Waals surface area (Å²) >= 11 is 1.68. The molecule has 0 unspecified atom stereocenters. The number of piperidine rings is 1. The Morgan fingerprint density at radius 1 is 1.10 bits per heavy atom. The van der Waals surface area contributed by atoms with Crippen molar-refractivity contribution < 1.29 is 22.7 Å². The molecule has 152 valence electrons. The highest BCUT2D eigenvalue weighted by atomic mass is 32.1. The number of carbonyl (C=O) groups excluding carboxylic acids is 1. The first-order chi connectivity index (χ1) is 13.9. The molecular formula is C21H19F3N2O2S. The van der Waals surface area contributed by atoms with E-state index in [1.807, 2.05) is 24.3 Å². The number of para-hydroxylation sites is 2. The summed E-state index contributed by atoms with van der Waals surface area (Å²) in [5, 5.41) is 1.08. The third-order valence-corrected chi connectivity index (χ3v) is 6.25. The number of thiazole rings is 1. The molecule has 0 spiro atoms. The van der Waals surface area contributed by atoms with Gasteiger partial charge in [-0.05, 0) is 37.1 Å². The van der Waals surface area contributed by atoms with Crippen LogP contribution in [0.3, 0.4) is 0 Å². The second kappa shape index (κ2) is 8.02. The molecule has 29 heavy (non-hydrogen) atoms. The van der Waals surface area contributed by atoms with Gasteiger partial charge in [-0.15, -0.1) is 11.3 Å². The van der Waals surface area contributed by atoms with Crippen LogP contribution in [0.5, 0.6) is 5.75 Å². The molecule has 0 bridgehead atoms. The van der Waals surface area contributed by atoms with E-state index in [9.17, 15) is 18.0 Å². The molecule has 1 aromatic heterocycles. The third-order valence-electron chi connectivity index (χ3n) is 5.05. The average molecular weight is 420 g/mol. The maximum absolute atomic E-state index is 13.0. The molecule has 1 saturated heterocycles. The number of fused-ring (bicyclic) bond motifs is 1. The number of alkyl halides is 3. The van der Waals surface area contributed by atoms with Crippen LogP contribution >= 0.6 is 11.3 Å². The minimum atomic E-state index is -4.52. The predicted molar refractivity (Wildman–Crippen MR) is 105 cm³/mol. The van der Waals surface area contributed by atoms with Crippen LogP contribution < -0.4 is 4.74 Å². The zero-order valence-electron chi connectivity index (χ0n) is 15.5. The third kappa shape index (κ3) is 4.37. The number of halogens is 3. The Morgan fingerprint density at radius 3 is 2.52 bits per heavy atom. The van der Waals surface area contributed by atoms with E-state index >= 15 is 0 Å². The van der Waals surface area contributed by atoms with Crippen molar-refractivity contribution in [1.29, 1.82) is 0 Å². The van der Waals surface area contributed by atoms with Gasteiger partial charge in [-0.2, -0.15) is 13.2 Å². The fraction of sp³-hybridized carbons (Fsp3) is 0.333. The molecule has 0 radical (unpaired) electrons. The molecular weight excluding hydrogens is 401 g/mol. The average Bonchev–Trinajstić information content (AvgIpc) is 3.16. The van der Waals surface area contributed by atoms with Crippen LogP contribution in [0, 0.1) is 0 Å². The highest BCUT2D eigenvalue weighted by Gasteiger charge is 2.34. The van der Waals surface area contributed by atoms with Gasteiger partial charge >= 0.3 is 6.18 Å². The first-order valence-electron chi connectivity index (χ1n) is 9.34. The lowest BCUT2D eigenvalue weighted by molar-refractivity contribution is -0.141. The first-order valence-corrected chi connectivity index (χ1v) is 10.2. The van der Waals surface area contributed by atoms with Gasteiger partial charge in [0.2, 0.25) is 0 Å². The predicted octanol–water partition coefficient (Wildman–Crippen LogP) is 5.10. The Kier molecular flexibility index (Phi) is 5.45. The zero-order valence-corrected chi connectivity index (χ0v) is 16.3. The second-order valence-corrected chi connectivity index (χ2v) is 8.02. The molecule has 1 fully saturated rings. The maximum Gasteiger partial charge on any atom is 0.419 e. The standard InChI is InChI=1S/C21H19F3N2O2S/c22-21(23,24)15-5-1-3-7-17(15)28-13-19(27)26-11-9-14(10-12-26)20-25-16-6-2-4-8-18(16)29-20/h1-8,14H,9-13H2. The van der Waals surface area contributed by atoms with E-state index < -0.39 is 18.3 Å². The summed E-state index contributed by atoms with van der Waals surface area (Å²) in [6, 6.07) is 12.9. The molecule has 4 nitrogen and oxygen atoms in total. The molecule has 0 N–H and O–H groups in total. The van der Waals surface area contributed by atoms with Crippen molar-refractivity contribution in [2.75, 3.05) is 19.7 Å². The van der Waals surface area contributed by atoms with Gasteiger partial charge in [-0.1, -0.05) is 24.3 Å². The van der Waals surface area contributed by atoms with E-state index in [1.165, 1.54) is 18.2 Å². The SMILES string of the molecule is O=C(COc1ccccc1C(F)(F)F)N1CCC(c2nc3ccccc3s2)CC1. The van der Waals surface area contributed by atoms with Crippen molar-refractivity contribution >= 4 is 27.5 Å². The number of amides is 1. The molecule has 2 aromatic carbocycles. The lowest BCUT2D eigenvalue weighted by atomic mass is 9.97. The summed E-state index contributed by atoms with van der Waals surface area (Å²) in [6.45, 7) is 0.687. The number of hydrogen-bond acceptors (Lipinski definition) is 4. The Bertz CT molecular complexity index is 977. The lowest BCUT2D eigenvalue weighted by Gasteiger charge is -2.31. The minimum Gasteiger partial charge on any atom is -0.483 e. The Balaban J connectivity index is 1.34. The molecule has 0 atom stereocenters. The van der Waals surface area contributed by atoms with Gasteiger partial charge in [0, 0.05) is 19.0 Å². The normalized spacial score (nSPS) is 15.6. The van der Waals surface area contributed by atoms with Crippen LogP contribution in [-0.2, 0) is 11.0 Å². The molecule has 1 amide bonds. The van der Waals surface area contributed by atoms with Gasteiger partial charge in [0.15, 0.2) is 6.61 Å². The molecule has 2 heterocycles. The molecule has 0 aliphatic carbocycles. The number of ether oxygens (including phenoxy) is 1. The number of rotatable bonds is 4. The summed E-state index contributed by atoms with van der Waals surface area (Å²) in [5.74, 6) is -0.328. The van der Waals surface area contributed by atoms with Crippen LogP contribution in [0.15, 0.2) is 48.5 Å². The largest absolute Gasteiger partial charge is 0.483 e. The van der Waals surface area contributed by atoms with Gasteiger partial charge in [-0.25, -0.2) is 4.98 Å². The first kappa shape index (κ1) is 19.7. The van der Waals surface area contributed by atoms with Crippen LogP contribution in [-0.4, -0.2) is 35.5 Å². The van der Waals surface area contributed by atoms with E-state index in [-0.39, 0.29) is 11.7 Å². The van der Waals surface area contributed by atoms with E-state index in [2.05, 4.69) is 0 Å². The van der Waals surface area contributed by atoms with Gasteiger partial charge in [-0.3, -0.25) is 4.79 Å². The highest BCUT2D eigenvalue weighted by Crippen LogP contribution is 2.36. The summed E-state index contributed by atoms with van der Waals surface area (Å²) in [7, 11) is 0. The Labute approximate surface area is 169 Å². The second-order valence-electron chi connectivity index (χ2n) is 6.96. The van der Waals surface area contributed by atoms with Crippen LogP contribution in [0.25, 0.3) is 10.2 Å². The van der Waals surface area contributed by atoms with Crippen LogP contribution in [0.1, 0.15) is 29.3 Å². The summed E-state index contributed by atoms with van der Waals surface area (Å²) in [5.41, 5.74) is 0.116. The van der Waals surface area contributed by atoms with Crippen LogP contribution in [0.2, 0.25) is 0 Å². The van der Waals surface area contributed by atoms with Gasteiger partial charge < -0.3 is 9.64 Å². The van der Waals surface area contributed by atoms with Crippen LogP contribution in [0.4, 0.5) is 13.2 Å². The van der Waals surface area contributed by atoms with E-state index in [0.717, 1.165) is 34.1 Å². The quantitative estimate of drug-likeness (QED) is 0.590. The summed E-state index contributed by atoms with van der Waals surface area (Å²) in [6.07, 6.45) is -2.95. The molecule has 1 aliphatic rings. The van der Waals surface area contributed by atoms with Crippen molar-refractivity contribution in [3.8, 4) is 5.75 Å². The molecule has 0 saturated carbocycles. The minimum absolute atomic E-state index is 0.295. The van der Waals surface area contributed by atoms with E-state index in [4.69, 9.17) is 9.72 Å². The molecule has 4 rings (SSSR count). The number of carbonyl (C=O) groups is 1. The zero-order chi connectivity index (χ0) is 20.4. The molecule has 3 aromatic rings. The Hall–Kier alpha value is -2.61. The smallest absolute Gasteiger partial charge is 0.419 e. The molecule has 8 heteroatoms. The Morgan fingerprint density at radius 2 is 1.79 bits per heavy atom. The van der Waals surface area contributed by atoms with Crippen molar-refractivity contribution in [1.82, 2.24) is 9.88 Å². The van der Waals surface area contributed by atoms with Crippen molar-refractivity contribution in [2.45, 2.75) is 24.9 Å². The number of benzene rings is 2. The highest BCUT2D eigenvalue weighted by molar-refractivity contribution is 7.18. The van der Waals surface area contributed by atoms with Crippen molar-refractivity contribution in [3.63, 3.8) is 0 Å². The number of likely N-dealkylation sites (tertiary alicyclic amines) is 1. The van der Waals surface area contributed by atoms with Gasteiger partial charge in [0.1, 0.15) is 5.75 Å². The summed E-state index contributed by atoms with van der Waals surface area (Å²) < 4.78 is 45.4. The van der Waals surface area contributed by atoms with E-state index in [0.29, 0.717) is 19.0 Å².